The molecule has 4 rings (SSSR count). The fourth-order valence-electron chi connectivity index (χ4n) is 4.12. The number of nitrogens with zero attached hydrogens (tertiary/aromatic N) is 2. The van der Waals surface area contributed by atoms with Crippen molar-refractivity contribution < 1.29 is 37.3 Å². The van der Waals surface area contributed by atoms with Crippen LogP contribution in [-0.2, 0) is 25.5 Å². The van der Waals surface area contributed by atoms with Crippen molar-refractivity contribution in [3.05, 3.63) is 53.9 Å². The molecule has 1 fully saturated rings. The van der Waals surface area contributed by atoms with Gasteiger partial charge in [-0.2, -0.15) is 0 Å². The summed E-state index contributed by atoms with van der Waals surface area (Å²) in [4.78, 5) is 31.1. The maximum absolute atomic E-state index is 13.3. The van der Waals surface area contributed by atoms with E-state index in [1.165, 1.54) is 24.1 Å². The molecular formula is C23H25F2N3O6. The van der Waals surface area contributed by atoms with E-state index in [1.54, 1.807) is 44.4 Å². The topological polar surface area (TPSA) is 99.2 Å². The maximum atomic E-state index is 13.3. The summed E-state index contributed by atoms with van der Waals surface area (Å²) in [6.45, 7) is 3.63. The van der Waals surface area contributed by atoms with E-state index in [2.05, 4.69) is 19.8 Å². The number of esters is 1. The summed E-state index contributed by atoms with van der Waals surface area (Å²) in [5.41, 5.74) is 1.46. The molecule has 2 aromatic rings. The number of hydrogen-bond acceptors (Lipinski definition) is 8. The van der Waals surface area contributed by atoms with Crippen molar-refractivity contribution in [1.29, 1.82) is 0 Å². The van der Waals surface area contributed by atoms with E-state index < -0.39 is 36.6 Å². The molecule has 1 aromatic heterocycles. The summed E-state index contributed by atoms with van der Waals surface area (Å²) < 4.78 is 46.3. The summed E-state index contributed by atoms with van der Waals surface area (Å²) >= 11 is 0. The number of carbonyl (C=O) groups excluding carboxylic acids is 2. The van der Waals surface area contributed by atoms with Gasteiger partial charge in [0.05, 0.1) is 12.5 Å². The number of hydrogen-bond donors (Lipinski definition) is 1. The van der Waals surface area contributed by atoms with E-state index in [4.69, 9.17) is 9.47 Å². The number of benzene rings is 1. The van der Waals surface area contributed by atoms with Gasteiger partial charge in [0.15, 0.2) is 17.9 Å². The molecule has 34 heavy (non-hydrogen) atoms. The average Bonchev–Trinajstić information content (AvgIpc) is 3.13. The molecule has 1 aromatic carbocycles. The summed E-state index contributed by atoms with van der Waals surface area (Å²) in [6.07, 6.45) is -1.08. The zero-order chi connectivity index (χ0) is 24.5. The molecule has 3 heterocycles. The number of amides is 1. The molecule has 1 unspecified atom stereocenters. The minimum atomic E-state index is -3.71. The Bertz CT molecular complexity index is 1050. The zero-order valence-electron chi connectivity index (χ0n) is 18.9. The normalized spacial score (nSPS) is 22.1. The molecule has 2 aliphatic rings. The lowest BCUT2D eigenvalue weighted by molar-refractivity contribution is -0.286. The summed E-state index contributed by atoms with van der Waals surface area (Å²) in [6, 6.07) is 6.68. The van der Waals surface area contributed by atoms with E-state index in [-0.39, 0.29) is 24.0 Å². The van der Waals surface area contributed by atoms with Crippen LogP contribution in [0.15, 0.2) is 42.7 Å². The Morgan fingerprint density at radius 3 is 2.62 bits per heavy atom. The molecule has 0 bridgehead atoms. The minimum absolute atomic E-state index is 0.0662. The maximum Gasteiger partial charge on any atom is 0.586 e. The molecule has 9 nitrogen and oxygen atoms in total. The van der Waals surface area contributed by atoms with Crippen molar-refractivity contribution in [3.8, 4) is 11.5 Å². The predicted octanol–water partition coefficient (Wildman–Crippen LogP) is 2.62. The van der Waals surface area contributed by atoms with Crippen LogP contribution in [0, 0.1) is 5.92 Å². The number of nitrogens with one attached hydrogen (secondary N) is 1. The van der Waals surface area contributed by atoms with E-state index in [9.17, 15) is 18.4 Å². The Morgan fingerprint density at radius 1 is 1.24 bits per heavy atom. The van der Waals surface area contributed by atoms with Crippen LogP contribution in [-0.4, -0.2) is 54.2 Å². The molecule has 0 saturated carbocycles. The van der Waals surface area contributed by atoms with Crippen LogP contribution in [0.2, 0.25) is 0 Å². The number of likely N-dealkylation sites (tertiary alicyclic amines) is 1. The first-order valence-electron chi connectivity index (χ1n) is 10.8. The number of pyridine rings is 1. The number of rotatable bonds is 9. The molecule has 1 amide bonds. The van der Waals surface area contributed by atoms with Gasteiger partial charge in [-0.1, -0.05) is 6.07 Å². The number of alkyl halides is 2. The number of β-lactam (4-membered cyclic amide) rings is 1. The Morgan fingerprint density at radius 2 is 1.94 bits per heavy atom. The lowest BCUT2D eigenvalue weighted by Crippen LogP contribution is -2.71. The number of aromatic nitrogens is 1. The molecule has 2 aliphatic heterocycles. The van der Waals surface area contributed by atoms with Gasteiger partial charge in [0.1, 0.15) is 6.04 Å². The third-order valence-corrected chi connectivity index (χ3v) is 5.78. The largest absolute Gasteiger partial charge is 0.586 e. The average molecular weight is 477 g/mol. The van der Waals surface area contributed by atoms with E-state index in [0.29, 0.717) is 12.0 Å². The fraction of sp³-hybridized carbons (Fsp3) is 0.435. The van der Waals surface area contributed by atoms with Crippen LogP contribution >= 0.6 is 0 Å². The highest BCUT2D eigenvalue weighted by Crippen LogP contribution is 2.42. The van der Waals surface area contributed by atoms with Crippen LogP contribution in [0.1, 0.15) is 31.0 Å². The first-order chi connectivity index (χ1) is 16.2. The number of methoxy groups -OCH3 is 1. The molecule has 1 saturated heterocycles. The molecule has 11 heteroatoms. The molecule has 0 radical (unpaired) electrons. The smallest absolute Gasteiger partial charge is 0.464 e. The molecule has 0 spiro atoms. The lowest BCUT2D eigenvalue weighted by atomic mass is 9.82. The fourth-order valence-corrected chi connectivity index (χ4v) is 4.12. The van der Waals surface area contributed by atoms with Gasteiger partial charge in [-0.15, -0.1) is 8.78 Å². The van der Waals surface area contributed by atoms with Crippen molar-refractivity contribution in [1.82, 2.24) is 15.2 Å². The van der Waals surface area contributed by atoms with Crippen LogP contribution in [0.4, 0.5) is 8.78 Å². The van der Waals surface area contributed by atoms with Crippen LogP contribution in [0.3, 0.4) is 0 Å². The number of carbonyl (C=O) groups is 2. The summed E-state index contributed by atoms with van der Waals surface area (Å²) in [5, 5.41) is 3.12. The molecule has 182 valence electrons. The van der Waals surface area contributed by atoms with Gasteiger partial charge in [0, 0.05) is 25.5 Å². The van der Waals surface area contributed by atoms with E-state index >= 15 is 0 Å². The molecule has 0 aliphatic carbocycles. The summed E-state index contributed by atoms with van der Waals surface area (Å²) in [5.74, 6) is -1.56. The highest BCUT2D eigenvalue weighted by Gasteiger charge is 2.55. The molecule has 1 N–H and O–H groups in total. The van der Waals surface area contributed by atoms with Crippen LogP contribution in [0.25, 0.3) is 0 Å². The first kappa shape index (κ1) is 23.8. The van der Waals surface area contributed by atoms with Crippen molar-refractivity contribution in [2.24, 2.45) is 5.92 Å². The second kappa shape index (κ2) is 9.51. The van der Waals surface area contributed by atoms with Gasteiger partial charge in [-0.05, 0) is 55.7 Å². The van der Waals surface area contributed by atoms with Crippen molar-refractivity contribution in [3.63, 3.8) is 0 Å². The molecular weight excluding hydrogens is 452 g/mol. The van der Waals surface area contributed by atoms with Gasteiger partial charge < -0.3 is 18.9 Å². The Hall–Kier alpha value is -3.31. The highest BCUT2D eigenvalue weighted by atomic mass is 19.3. The second-order valence-electron chi connectivity index (χ2n) is 7.96. The number of fused-ring (bicyclic) bond motifs is 1. The third-order valence-electron chi connectivity index (χ3n) is 5.78. The van der Waals surface area contributed by atoms with Gasteiger partial charge >= 0.3 is 12.3 Å². The van der Waals surface area contributed by atoms with Gasteiger partial charge in [-0.3, -0.25) is 20.0 Å². The third kappa shape index (κ3) is 4.66. The Labute approximate surface area is 194 Å². The van der Waals surface area contributed by atoms with E-state index in [0.717, 1.165) is 5.56 Å². The number of halogens is 2. The van der Waals surface area contributed by atoms with Gasteiger partial charge in [0.2, 0.25) is 5.91 Å². The summed E-state index contributed by atoms with van der Waals surface area (Å²) in [7, 11) is 1.40. The van der Waals surface area contributed by atoms with Crippen molar-refractivity contribution in [2.75, 3.05) is 13.7 Å². The minimum Gasteiger partial charge on any atom is -0.464 e. The van der Waals surface area contributed by atoms with E-state index in [1.807, 2.05) is 0 Å². The van der Waals surface area contributed by atoms with Crippen LogP contribution in [0.5, 0.6) is 11.5 Å². The van der Waals surface area contributed by atoms with Crippen molar-refractivity contribution in [2.45, 2.75) is 45.0 Å². The predicted molar refractivity (Wildman–Crippen MR) is 114 cm³/mol. The van der Waals surface area contributed by atoms with Crippen LogP contribution < -0.4 is 14.8 Å². The number of ether oxygens (including phenoxy) is 4. The van der Waals surface area contributed by atoms with Gasteiger partial charge in [0.25, 0.3) is 0 Å². The first-order valence-corrected chi connectivity index (χ1v) is 10.8. The second-order valence-corrected chi connectivity index (χ2v) is 7.96. The van der Waals surface area contributed by atoms with Crippen molar-refractivity contribution >= 4 is 11.9 Å². The Balaban J connectivity index is 1.50. The lowest BCUT2D eigenvalue weighted by Gasteiger charge is -2.49. The molecule has 4 atom stereocenters. The zero-order valence-corrected chi connectivity index (χ0v) is 18.9. The SMILES string of the molecule is CCOC(=O)[C@@H]1[C@@H](Cc2ccncc2)C(=O)N1C(N[C@H](C)c1ccc2c(c1)OC(F)(F)O2)OC. The van der Waals surface area contributed by atoms with Gasteiger partial charge in [-0.25, -0.2) is 4.79 Å². The quantitative estimate of drug-likeness (QED) is 0.334. The Kier molecular flexibility index (Phi) is 6.67. The monoisotopic (exact) mass is 477 g/mol. The highest BCUT2D eigenvalue weighted by molar-refractivity contribution is 5.97. The standard InChI is InChI=1S/C23H25F2N3O6/c1-4-32-21(30)19-16(11-14-7-9-26-10-8-14)20(29)28(19)22(31-3)27-13(2)15-5-6-17-18(12-15)34-23(24,25)33-17/h5-10,12-13,16,19,22,27H,4,11H2,1-3H3/t13-,16-,19+,22?/m1/s1.